The topological polar surface area (TPSA) is 145 Å². The highest BCUT2D eigenvalue weighted by Gasteiger charge is 2.22. The maximum atomic E-state index is 12.1. The number of hydrogen-bond acceptors (Lipinski definition) is 7. The summed E-state index contributed by atoms with van der Waals surface area (Å²) in [6.45, 7) is 3.83. The molecule has 0 aliphatic heterocycles. The number of aromatic nitrogens is 2. The number of amides is 2. The molecule has 148 valence electrons. The van der Waals surface area contributed by atoms with E-state index >= 15 is 0 Å². The van der Waals surface area contributed by atoms with Crippen LogP contribution in [-0.4, -0.2) is 52.0 Å². The minimum Gasteiger partial charge on any atom is -0.467 e. The molecule has 27 heavy (non-hydrogen) atoms. The molecule has 1 atom stereocenters. The third-order valence-electron chi connectivity index (χ3n) is 3.66. The largest absolute Gasteiger partial charge is 0.467 e. The van der Waals surface area contributed by atoms with Gasteiger partial charge in [0.2, 0.25) is 11.8 Å². The minimum atomic E-state index is -0.824. The molecule has 0 aromatic carbocycles. The number of nitrogens with zero attached hydrogens (tertiary/aromatic N) is 3. The van der Waals surface area contributed by atoms with Crippen molar-refractivity contribution in [3.63, 3.8) is 0 Å². The first kappa shape index (κ1) is 21.8. The Morgan fingerprint density at radius 3 is 2.81 bits per heavy atom. The molecule has 0 bridgehead atoms. The summed E-state index contributed by atoms with van der Waals surface area (Å²) >= 11 is 0. The lowest BCUT2D eigenvalue weighted by Gasteiger charge is -2.16. The zero-order valence-corrected chi connectivity index (χ0v) is 15.1. The molecule has 1 aromatic heterocycles. The number of carbonyl (C=O) groups is 3. The molecule has 1 rings (SSSR count). The number of rotatable bonds is 12. The van der Waals surface area contributed by atoms with Crippen LogP contribution < -0.4 is 10.6 Å². The lowest BCUT2D eigenvalue weighted by molar-refractivity contribution is -0.396. The van der Waals surface area contributed by atoms with Gasteiger partial charge < -0.3 is 25.5 Å². The van der Waals surface area contributed by atoms with Gasteiger partial charge in [-0.2, -0.15) is 0 Å². The predicted octanol–water partition coefficient (Wildman–Crippen LogP) is 0.312. The van der Waals surface area contributed by atoms with Crippen molar-refractivity contribution < 1.29 is 24.0 Å². The Bertz CT molecular complexity index is 687. The van der Waals surface area contributed by atoms with Gasteiger partial charge in [-0.1, -0.05) is 11.6 Å². The number of hydrogen-bond donors (Lipinski definition) is 2. The molecule has 0 saturated carbocycles. The van der Waals surface area contributed by atoms with E-state index in [1.54, 1.807) is 0 Å². The first-order valence-electron chi connectivity index (χ1n) is 8.32. The number of imidazole rings is 1. The Balaban J connectivity index is 2.45. The van der Waals surface area contributed by atoms with Crippen LogP contribution in [0.15, 0.2) is 25.0 Å². The van der Waals surface area contributed by atoms with Crippen LogP contribution in [0.2, 0.25) is 0 Å². The fourth-order valence-electron chi connectivity index (χ4n) is 2.28. The van der Waals surface area contributed by atoms with Crippen molar-refractivity contribution in [1.82, 2.24) is 20.2 Å². The number of methoxy groups -OCH3 is 1. The van der Waals surface area contributed by atoms with Crippen LogP contribution in [0.4, 0.5) is 5.95 Å². The van der Waals surface area contributed by atoms with E-state index in [1.807, 2.05) is 0 Å². The van der Waals surface area contributed by atoms with E-state index in [4.69, 9.17) is 0 Å². The second-order valence-electron chi connectivity index (χ2n) is 5.56. The normalized spacial score (nSPS) is 11.3. The molecule has 0 saturated heterocycles. The standard InChI is InChI=1S/C16H23N5O6/c1-3-13(22)17-8-5-4-6-12(15(24)27-2)19-14(23)7-10-20-11-9-18-16(20)21(25)26/h3,9,11-12H,1,4-8,10H2,2H3,(H,17,22)(H,19,23)/t12-/m0/s1. The number of esters is 1. The molecule has 2 N–H and O–H groups in total. The number of nitrogens with one attached hydrogen (secondary N) is 2. The summed E-state index contributed by atoms with van der Waals surface area (Å²) in [6.07, 6.45) is 5.32. The van der Waals surface area contributed by atoms with E-state index in [2.05, 4.69) is 26.9 Å². The van der Waals surface area contributed by atoms with E-state index < -0.39 is 22.8 Å². The highest BCUT2D eigenvalue weighted by Crippen LogP contribution is 2.08. The molecule has 0 radical (unpaired) electrons. The highest BCUT2D eigenvalue weighted by molar-refractivity contribution is 5.86. The third kappa shape index (κ3) is 7.67. The quantitative estimate of drug-likeness (QED) is 0.174. The Hall–Kier alpha value is -3.24. The molecule has 0 fully saturated rings. The SMILES string of the molecule is C=CC(=O)NCCCC[C@H](NC(=O)CCn1ccnc1[N+](=O)[O-])C(=O)OC. The molecular formula is C16H23N5O6. The van der Waals surface area contributed by atoms with Gasteiger partial charge in [0.1, 0.15) is 18.4 Å². The molecule has 0 aliphatic carbocycles. The molecule has 0 unspecified atom stereocenters. The second-order valence-corrected chi connectivity index (χ2v) is 5.56. The molecule has 11 heteroatoms. The Morgan fingerprint density at radius 2 is 2.19 bits per heavy atom. The van der Waals surface area contributed by atoms with Gasteiger partial charge in [-0.3, -0.25) is 9.59 Å². The fraction of sp³-hybridized carbons (Fsp3) is 0.500. The lowest BCUT2D eigenvalue weighted by atomic mass is 10.1. The van der Waals surface area contributed by atoms with Crippen LogP contribution in [0.5, 0.6) is 0 Å². The number of aryl methyl sites for hydroxylation is 1. The smallest absolute Gasteiger partial charge is 0.434 e. The van der Waals surface area contributed by atoms with E-state index in [9.17, 15) is 24.5 Å². The van der Waals surface area contributed by atoms with E-state index in [0.29, 0.717) is 25.8 Å². The van der Waals surface area contributed by atoms with Crippen molar-refractivity contribution in [2.75, 3.05) is 13.7 Å². The van der Waals surface area contributed by atoms with Gasteiger partial charge in [-0.15, -0.1) is 0 Å². The van der Waals surface area contributed by atoms with E-state index in [1.165, 1.54) is 30.1 Å². The molecule has 1 heterocycles. The van der Waals surface area contributed by atoms with Gasteiger partial charge in [0.25, 0.3) is 0 Å². The summed E-state index contributed by atoms with van der Waals surface area (Å²) in [4.78, 5) is 48.7. The maximum absolute atomic E-state index is 12.1. The second kappa shape index (κ2) is 11.4. The summed E-state index contributed by atoms with van der Waals surface area (Å²) in [5.74, 6) is -1.64. The predicted molar refractivity (Wildman–Crippen MR) is 94.5 cm³/mol. The average Bonchev–Trinajstić information content (AvgIpc) is 3.13. The number of nitro groups is 1. The van der Waals surface area contributed by atoms with Gasteiger partial charge in [0.05, 0.1) is 20.1 Å². The van der Waals surface area contributed by atoms with E-state index in [0.717, 1.165) is 0 Å². The van der Waals surface area contributed by atoms with Gasteiger partial charge in [-0.05, 0) is 30.3 Å². The molecule has 0 aliphatic rings. The first-order chi connectivity index (χ1) is 12.9. The van der Waals surface area contributed by atoms with Crippen LogP contribution in [0.25, 0.3) is 0 Å². The highest BCUT2D eigenvalue weighted by atomic mass is 16.6. The molecule has 2 amide bonds. The van der Waals surface area contributed by atoms with E-state index in [-0.39, 0.29) is 24.8 Å². The summed E-state index contributed by atoms with van der Waals surface area (Å²) in [5.41, 5.74) is 0. The average molecular weight is 381 g/mol. The van der Waals surface area contributed by atoms with Crippen molar-refractivity contribution in [2.45, 2.75) is 38.3 Å². The molecule has 11 nitrogen and oxygen atoms in total. The molecular weight excluding hydrogens is 358 g/mol. The van der Waals surface area contributed by atoms with Gasteiger partial charge in [0.15, 0.2) is 0 Å². The number of unbranched alkanes of at least 4 members (excludes halogenated alkanes) is 1. The third-order valence-corrected chi connectivity index (χ3v) is 3.66. The van der Waals surface area contributed by atoms with Gasteiger partial charge >= 0.3 is 11.9 Å². The van der Waals surface area contributed by atoms with Crippen LogP contribution in [-0.2, 0) is 25.7 Å². The maximum Gasteiger partial charge on any atom is 0.434 e. The van der Waals surface area contributed by atoms with Crippen molar-refractivity contribution in [3.8, 4) is 0 Å². The van der Waals surface area contributed by atoms with Crippen molar-refractivity contribution in [2.24, 2.45) is 0 Å². The fourth-order valence-corrected chi connectivity index (χ4v) is 2.28. The lowest BCUT2D eigenvalue weighted by Crippen LogP contribution is -2.41. The number of carbonyl (C=O) groups excluding carboxylic acids is 3. The first-order valence-corrected chi connectivity index (χ1v) is 8.32. The van der Waals surface area contributed by atoms with Gasteiger partial charge in [-0.25, -0.2) is 9.36 Å². The zero-order valence-electron chi connectivity index (χ0n) is 15.1. The monoisotopic (exact) mass is 381 g/mol. The van der Waals surface area contributed by atoms with Crippen molar-refractivity contribution >= 4 is 23.7 Å². The zero-order chi connectivity index (χ0) is 20.2. The Labute approximate surface area is 155 Å². The van der Waals surface area contributed by atoms with Gasteiger partial charge in [0, 0.05) is 6.54 Å². The Morgan fingerprint density at radius 1 is 1.44 bits per heavy atom. The van der Waals surface area contributed by atoms with Crippen LogP contribution in [0.1, 0.15) is 25.7 Å². The molecule has 0 spiro atoms. The minimum absolute atomic E-state index is 0.0555. The number of ether oxygens (including phenoxy) is 1. The summed E-state index contributed by atoms with van der Waals surface area (Å²) in [6, 6.07) is -0.824. The summed E-state index contributed by atoms with van der Waals surface area (Å²) in [7, 11) is 1.22. The molecule has 1 aromatic rings. The summed E-state index contributed by atoms with van der Waals surface area (Å²) < 4.78 is 5.93. The van der Waals surface area contributed by atoms with Crippen molar-refractivity contribution in [3.05, 3.63) is 35.2 Å². The Kier molecular flexibility index (Phi) is 9.20. The summed E-state index contributed by atoms with van der Waals surface area (Å²) in [5, 5.41) is 16.0. The van der Waals surface area contributed by atoms with Crippen LogP contribution in [0, 0.1) is 10.1 Å². The van der Waals surface area contributed by atoms with Crippen LogP contribution >= 0.6 is 0 Å². The van der Waals surface area contributed by atoms with Crippen molar-refractivity contribution in [1.29, 1.82) is 0 Å². The van der Waals surface area contributed by atoms with Crippen LogP contribution in [0.3, 0.4) is 0 Å².